The van der Waals surface area contributed by atoms with E-state index in [1.807, 2.05) is 0 Å². The molecule has 1 amide bonds. The number of carboxylic acid groups (broad SMARTS) is 1. The third kappa shape index (κ3) is 4.39. The van der Waals surface area contributed by atoms with Crippen molar-refractivity contribution >= 4 is 28.9 Å². The highest BCUT2D eigenvalue weighted by Crippen LogP contribution is 2.22. The maximum atomic E-state index is 12.2. The Bertz CT molecular complexity index is 788. The van der Waals surface area contributed by atoms with Crippen LogP contribution in [0.2, 0.25) is 0 Å². The molecule has 0 aliphatic heterocycles. The first-order valence-corrected chi connectivity index (χ1v) is 7.43. The normalized spacial score (nSPS) is 10.8. The maximum absolute atomic E-state index is 12.2. The van der Waals surface area contributed by atoms with Gasteiger partial charge in [0.15, 0.2) is 5.60 Å². The molecule has 0 aliphatic rings. The lowest BCUT2D eigenvalue weighted by Crippen LogP contribution is -2.37. The molecular formula is C17H20N4O4. The van der Waals surface area contributed by atoms with Crippen LogP contribution in [0.25, 0.3) is 0 Å². The maximum Gasteiger partial charge on any atom is 0.347 e. The summed E-state index contributed by atoms with van der Waals surface area (Å²) in [6.07, 6.45) is 0. The van der Waals surface area contributed by atoms with E-state index in [0.29, 0.717) is 28.4 Å². The first-order valence-electron chi connectivity index (χ1n) is 7.43. The summed E-state index contributed by atoms with van der Waals surface area (Å²) in [7, 11) is 0. The van der Waals surface area contributed by atoms with Crippen LogP contribution in [-0.2, 0) is 4.79 Å². The van der Waals surface area contributed by atoms with E-state index in [9.17, 15) is 9.59 Å². The second-order valence-corrected chi connectivity index (χ2v) is 5.84. The zero-order chi connectivity index (χ0) is 18.6. The number of ether oxygens (including phenoxy) is 1. The van der Waals surface area contributed by atoms with Gasteiger partial charge in [-0.2, -0.15) is 0 Å². The molecule has 0 fully saturated rings. The molecule has 25 heavy (non-hydrogen) atoms. The molecule has 0 spiro atoms. The molecule has 8 nitrogen and oxygen atoms in total. The van der Waals surface area contributed by atoms with Crippen molar-refractivity contribution in [1.82, 2.24) is 0 Å². The molecule has 0 radical (unpaired) electrons. The van der Waals surface area contributed by atoms with E-state index in [4.69, 9.17) is 21.4 Å². The van der Waals surface area contributed by atoms with Gasteiger partial charge in [0.25, 0.3) is 5.91 Å². The number of nitrogen functional groups attached to an aromatic ring is 2. The Morgan fingerprint density at radius 1 is 1.12 bits per heavy atom. The van der Waals surface area contributed by atoms with Crippen LogP contribution in [-0.4, -0.2) is 22.6 Å². The lowest BCUT2D eigenvalue weighted by Gasteiger charge is -2.21. The predicted molar refractivity (Wildman–Crippen MR) is 95.4 cm³/mol. The predicted octanol–water partition coefficient (Wildman–Crippen LogP) is 2.05. The Morgan fingerprint density at radius 3 is 2.28 bits per heavy atom. The molecule has 0 aromatic heterocycles. The molecule has 0 aliphatic carbocycles. The second kappa shape index (κ2) is 7.10. The van der Waals surface area contributed by atoms with Gasteiger partial charge in [-0.1, -0.05) is 0 Å². The number of hydrogen-bond acceptors (Lipinski definition) is 6. The molecule has 132 valence electrons. The Morgan fingerprint density at radius 2 is 1.76 bits per heavy atom. The van der Waals surface area contributed by atoms with Gasteiger partial charge in [-0.25, -0.2) is 4.79 Å². The number of nitrogens with one attached hydrogen (secondary N) is 2. The summed E-state index contributed by atoms with van der Waals surface area (Å²) < 4.78 is 5.40. The number of carbonyl (C=O) groups excluding carboxylic acids is 1. The quantitative estimate of drug-likeness (QED) is 0.307. The van der Waals surface area contributed by atoms with E-state index in [1.54, 1.807) is 36.4 Å². The number of rotatable bonds is 6. The molecule has 7 N–H and O–H groups in total. The molecular weight excluding hydrogens is 324 g/mol. The molecule has 0 heterocycles. The molecule has 0 atom stereocenters. The van der Waals surface area contributed by atoms with Crippen molar-refractivity contribution in [3.8, 4) is 5.75 Å². The Hall–Kier alpha value is -3.26. The third-order valence-corrected chi connectivity index (χ3v) is 3.47. The molecule has 8 heteroatoms. The van der Waals surface area contributed by atoms with Crippen LogP contribution >= 0.6 is 0 Å². The lowest BCUT2D eigenvalue weighted by atomic mass is 10.1. The van der Waals surface area contributed by atoms with Gasteiger partial charge < -0.3 is 26.3 Å². The van der Waals surface area contributed by atoms with Crippen molar-refractivity contribution in [2.75, 3.05) is 16.5 Å². The number of carboxylic acids is 1. The molecule has 2 aromatic carbocycles. The average molecular weight is 344 g/mol. The van der Waals surface area contributed by atoms with Crippen molar-refractivity contribution in [2.45, 2.75) is 19.4 Å². The molecule has 0 unspecified atom stereocenters. The lowest BCUT2D eigenvalue weighted by molar-refractivity contribution is -0.152. The minimum absolute atomic E-state index is 0.338. The van der Waals surface area contributed by atoms with Crippen LogP contribution in [0.5, 0.6) is 5.75 Å². The number of nitrogens with two attached hydrogens (primary N) is 2. The summed E-state index contributed by atoms with van der Waals surface area (Å²) in [5.41, 5.74) is 8.66. The minimum atomic E-state index is -1.35. The number of carbonyl (C=O) groups is 2. The minimum Gasteiger partial charge on any atom is -0.478 e. The highest BCUT2D eigenvalue weighted by molar-refractivity contribution is 6.05. The Labute approximate surface area is 144 Å². The van der Waals surface area contributed by atoms with Gasteiger partial charge in [0.1, 0.15) is 5.75 Å². The average Bonchev–Trinajstić information content (AvgIpc) is 2.56. The topological polar surface area (TPSA) is 140 Å². The molecule has 0 saturated carbocycles. The summed E-state index contributed by atoms with van der Waals surface area (Å²) >= 11 is 0. The van der Waals surface area contributed by atoms with E-state index in [0.717, 1.165) is 0 Å². The van der Waals surface area contributed by atoms with E-state index in [1.165, 1.54) is 19.9 Å². The summed E-state index contributed by atoms with van der Waals surface area (Å²) in [6.45, 7) is 2.91. The standard InChI is InChI=1S/C17H20N4O4/c1-17(2,16(23)24)25-12-6-4-11(5-7-12)20-15(22)10-3-8-14(21-19)13(18)9-10/h3-9,21H,18-19H2,1-2H3,(H,20,22)(H,23,24). The number of benzene rings is 2. The number of amides is 1. The van der Waals surface area contributed by atoms with Crippen LogP contribution in [0, 0.1) is 0 Å². The fraction of sp³-hybridized carbons (Fsp3) is 0.176. The number of hydrazine groups is 1. The molecule has 2 aromatic rings. The Kier molecular flexibility index (Phi) is 5.14. The molecule has 0 bridgehead atoms. The summed E-state index contributed by atoms with van der Waals surface area (Å²) in [5.74, 6) is 4.27. The number of anilines is 3. The van der Waals surface area contributed by atoms with Gasteiger partial charge in [0, 0.05) is 11.3 Å². The smallest absolute Gasteiger partial charge is 0.347 e. The third-order valence-electron chi connectivity index (χ3n) is 3.47. The molecule has 0 saturated heterocycles. The van der Waals surface area contributed by atoms with E-state index >= 15 is 0 Å². The van der Waals surface area contributed by atoms with E-state index in [2.05, 4.69) is 10.7 Å². The van der Waals surface area contributed by atoms with E-state index in [-0.39, 0.29) is 5.91 Å². The summed E-state index contributed by atoms with van der Waals surface area (Å²) in [5, 5.41) is 11.8. The van der Waals surface area contributed by atoms with Crippen molar-refractivity contribution in [3.63, 3.8) is 0 Å². The largest absolute Gasteiger partial charge is 0.478 e. The van der Waals surface area contributed by atoms with Crippen molar-refractivity contribution in [3.05, 3.63) is 48.0 Å². The zero-order valence-corrected chi connectivity index (χ0v) is 13.9. The monoisotopic (exact) mass is 344 g/mol. The van der Waals surface area contributed by atoms with Crippen molar-refractivity contribution in [1.29, 1.82) is 0 Å². The number of hydrogen-bond donors (Lipinski definition) is 5. The fourth-order valence-electron chi connectivity index (χ4n) is 1.98. The SMILES string of the molecule is CC(C)(Oc1ccc(NC(=O)c2ccc(NN)c(N)c2)cc1)C(=O)O. The van der Waals surface area contributed by atoms with Gasteiger partial charge in [-0.3, -0.25) is 10.6 Å². The first-order chi connectivity index (χ1) is 11.7. The van der Waals surface area contributed by atoms with Gasteiger partial charge in [0.05, 0.1) is 11.4 Å². The second-order valence-electron chi connectivity index (χ2n) is 5.84. The Balaban J connectivity index is 2.07. The van der Waals surface area contributed by atoms with Gasteiger partial charge in [-0.05, 0) is 56.3 Å². The van der Waals surface area contributed by atoms with Crippen LogP contribution in [0.4, 0.5) is 17.1 Å². The fourth-order valence-corrected chi connectivity index (χ4v) is 1.98. The van der Waals surface area contributed by atoms with Crippen LogP contribution in [0.1, 0.15) is 24.2 Å². The molecule has 2 rings (SSSR count). The van der Waals surface area contributed by atoms with Gasteiger partial charge >= 0.3 is 5.97 Å². The highest BCUT2D eigenvalue weighted by atomic mass is 16.5. The van der Waals surface area contributed by atoms with Gasteiger partial charge in [-0.15, -0.1) is 0 Å². The van der Waals surface area contributed by atoms with E-state index < -0.39 is 11.6 Å². The highest BCUT2D eigenvalue weighted by Gasteiger charge is 2.29. The van der Waals surface area contributed by atoms with Crippen LogP contribution in [0.3, 0.4) is 0 Å². The zero-order valence-electron chi connectivity index (χ0n) is 13.9. The van der Waals surface area contributed by atoms with Crippen molar-refractivity contribution in [2.24, 2.45) is 5.84 Å². The number of aliphatic carboxylic acids is 1. The van der Waals surface area contributed by atoms with Crippen molar-refractivity contribution < 1.29 is 19.4 Å². The summed E-state index contributed by atoms with van der Waals surface area (Å²) in [6, 6.07) is 11.1. The van der Waals surface area contributed by atoms with Crippen LogP contribution in [0.15, 0.2) is 42.5 Å². The summed E-state index contributed by atoms with van der Waals surface area (Å²) in [4.78, 5) is 23.3. The van der Waals surface area contributed by atoms with Crippen LogP contribution < -0.4 is 27.1 Å². The van der Waals surface area contributed by atoms with Gasteiger partial charge in [0.2, 0.25) is 0 Å². The first kappa shape index (κ1) is 18.1.